The Hall–Kier alpha value is -2.73. The van der Waals surface area contributed by atoms with E-state index in [9.17, 15) is 0 Å². The fourth-order valence-corrected chi connectivity index (χ4v) is 5.51. The Bertz CT molecular complexity index is 1250. The van der Waals surface area contributed by atoms with Crippen molar-refractivity contribution in [2.45, 2.75) is 56.9 Å². The Balaban J connectivity index is 1.48. The quantitative estimate of drug-likeness (QED) is 0.572. The van der Waals surface area contributed by atoms with Crippen LogP contribution in [0.4, 0.5) is 0 Å². The summed E-state index contributed by atoms with van der Waals surface area (Å²) in [5.74, 6) is 1.49. The number of nitrogens with zero attached hydrogens (tertiary/aromatic N) is 3. The zero-order valence-corrected chi connectivity index (χ0v) is 16.2. The summed E-state index contributed by atoms with van der Waals surface area (Å²) >= 11 is 0. The molecule has 7 rings (SSSR count). The molecule has 4 aromatic rings. The fourth-order valence-electron chi connectivity index (χ4n) is 5.51. The molecule has 2 N–H and O–H groups in total. The van der Waals surface area contributed by atoms with E-state index in [1.807, 2.05) is 20.0 Å². The van der Waals surface area contributed by atoms with Crippen molar-refractivity contribution in [3.05, 3.63) is 52.8 Å². The van der Waals surface area contributed by atoms with Gasteiger partial charge in [0, 0.05) is 34.2 Å². The number of nitrogens with two attached hydrogens (primary N) is 1. The van der Waals surface area contributed by atoms with Crippen molar-refractivity contribution in [1.29, 1.82) is 0 Å². The van der Waals surface area contributed by atoms with Crippen molar-refractivity contribution in [2.24, 2.45) is 5.73 Å². The first-order chi connectivity index (χ1) is 13.4. The monoisotopic (exact) mass is 374 g/mol. The first-order valence-electron chi connectivity index (χ1n) is 9.79. The van der Waals surface area contributed by atoms with E-state index >= 15 is 0 Å². The second kappa shape index (κ2) is 5.00. The van der Waals surface area contributed by atoms with Gasteiger partial charge >= 0.3 is 0 Å². The molecule has 0 aliphatic heterocycles. The number of aromatic nitrogens is 3. The van der Waals surface area contributed by atoms with Gasteiger partial charge in [-0.25, -0.2) is 0 Å². The minimum absolute atomic E-state index is 0.0520. The normalized spacial score (nSPS) is 27.0. The van der Waals surface area contributed by atoms with E-state index in [-0.39, 0.29) is 16.9 Å². The van der Waals surface area contributed by atoms with Gasteiger partial charge in [0.05, 0.1) is 5.41 Å². The number of pyridine rings is 1. The van der Waals surface area contributed by atoms with Crippen LogP contribution in [0, 0.1) is 13.8 Å². The number of hydrogen-bond acceptors (Lipinski definition) is 6. The summed E-state index contributed by atoms with van der Waals surface area (Å²) < 4.78 is 11.9. The van der Waals surface area contributed by atoms with E-state index in [0.717, 1.165) is 52.8 Å². The molecule has 0 spiro atoms. The SMILES string of the molecule is Cc1cc([C@@H](C)N)c2oc3c(C45CC(c6nc(C)no6)(C4)C5)ccnc3c2c1. The van der Waals surface area contributed by atoms with Crippen LogP contribution in [0.25, 0.3) is 22.1 Å². The standard InChI is InChI=1S/C22H22N4O2/c1-11-6-14(12(2)23)18-15(7-11)17-19(27-18)16(4-5-24-17)21-8-22(9-21,10-21)20-25-13(3)26-28-20/h4-7,12H,8-10,23H2,1-3H3/t12-,21?,22?/m1/s1. The lowest BCUT2D eigenvalue weighted by atomic mass is 9.33. The third-order valence-electron chi connectivity index (χ3n) is 6.70. The molecule has 1 atom stereocenters. The highest BCUT2D eigenvalue weighted by Crippen LogP contribution is 2.74. The molecule has 0 unspecified atom stereocenters. The molecule has 3 aliphatic rings. The molecule has 6 heteroatoms. The van der Waals surface area contributed by atoms with Gasteiger partial charge in [-0.3, -0.25) is 4.98 Å². The first kappa shape index (κ1) is 16.2. The minimum Gasteiger partial charge on any atom is -0.454 e. The molecule has 3 aromatic heterocycles. The summed E-state index contributed by atoms with van der Waals surface area (Å²) in [6, 6.07) is 6.29. The Morgan fingerprint density at radius 1 is 1.11 bits per heavy atom. The second-order valence-corrected chi connectivity index (χ2v) is 8.90. The number of aryl methyl sites for hydroxylation is 2. The van der Waals surface area contributed by atoms with Crippen LogP contribution in [0.15, 0.2) is 33.3 Å². The Morgan fingerprint density at radius 2 is 1.89 bits per heavy atom. The summed E-state index contributed by atoms with van der Waals surface area (Å²) in [6.07, 6.45) is 4.98. The number of hydrogen-bond donors (Lipinski definition) is 1. The molecule has 3 saturated carbocycles. The molecule has 6 nitrogen and oxygen atoms in total. The predicted octanol–water partition coefficient (Wildman–Crippen LogP) is 4.37. The molecule has 0 amide bonds. The smallest absolute Gasteiger partial charge is 0.232 e. The zero-order valence-electron chi connectivity index (χ0n) is 16.2. The van der Waals surface area contributed by atoms with Crippen LogP contribution < -0.4 is 5.73 Å². The molecule has 142 valence electrons. The Morgan fingerprint density at radius 3 is 2.57 bits per heavy atom. The van der Waals surface area contributed by atoms with Crippen molar-refractivity contribution in [3.63, 3.8) is 0 Å². The molecular weight excluding hydrogens is 352 g/mol. The van der Waals surface area contributed by atoms with Gasteiger partial charge in [-0.15, -0.1) is 0 Å². The minimum atomic E-state index is -0.0922. The summed E-state index contributed by atoms with van der Waals surface area (Å²) in [5, 5.41) is 5.03. The zero-order chi connectivity index (χ0) is 19.3. The number of furan rings is 1. The molecule has 1 aromatic carbocycles. The van der Waals surface area contributed by atoms with Crippen LogP contribution in [0.5, 0.6) is 0 Å². The van der Waals surface area contributed by atoms with Gasteiger partial charge in [0.15, 0.2) is 11.4 Å². The van der Waals surface area contributed by atoms with Crippen molar-refractivity contribution in [2.75, 3.05) is 0 Å². The summed E-state index contributed by atoms with van der Waals surface area (Å²) in [6.45, 7) is 5.95. The second-order valence-electron chi connectivity index (χ2n) is 8.90. The van der Waals surface area contributed by atoms with Crippen LogP contribution in [-0.4, -0.2) is 15.1 Å². The van der Waals surface area contributed by atoms with Crippen molar-refractivity contribution >= 4 is 22.1 Å². The van der Waals surface area contributed by atoms with Crippen LogP contribution >= 0.6 is 0 Å². The van der Waals surface area contributed by atoms with Crippen LogP contribution in [0.3, 0.4) is 0 Å². The maximum absolute atomic E-state index is 6.43. The van der Waals surface area contributed by atoms with Crippen molar-refractivity contribution in [1.82, 2.24) is 15.1 Å². The fraction of sp³-hybridized carbons (Fsp3) is 0.409. The molecule has 3 aliphatic carbocycles. The van der Waals surface area contributed by atoms with Crippen molar-refractivity contribution in [3.8, 4) is 0 Å². The van der Waals surface area contributed by atoms with Gasteiger partial charge in [-0.2, -0.15) is 4.98 Å². The lowest BCUT2D eigenvalue weighted by Crippen LogP contribution is -2.67. The molecule has 28 heavy (non-hydrogen) atoms. The van der Waals surface area contributed by atoms with Gasteiger partial charge in [0.2, 0.25) is 5.89 Å². The third-order valence-corrected chi connectivity index (χ3v) is 6.70. The van der Waals surface area contributed by atoms with E-state index in [1.54, 1.807) is 0 Å². The summed E-state index contributed by atoms with van der Waals surface area (Å²) in [4.78, 5) is 9.14. The maximum atomic E-state index is 6.43. The average Bonchev–Trinajstić information content (AvgIpc) is 3.16. The Labute approximate surface area is 162 Å². The number of rotatable bonds is 3. The lowest BCUT2D eigenvalue weighted by molar-refractivity contribution is -0.0886. The van der Waals surface area contributed by atoms with E-state index in [1.165, 1.54) is 11.1 Å². The van der Waals surface area contributed by atoms with Crippen molar-refractivity contribution < 1.29 is 8.94 Å². The summed E-state index contributed by atoms with van der Waals surface area (Å²) in [5.41, 5.74) is 12.6. The van der Waals surface area contributed by atoms with Gasteiger partial charge in [0.1, 0.15) is 11.1 Å². The molecule has 3 heterocycles. The van der Waals surface area contributed by atoms with E-state index < -0.39 is 0 Å². The van der Waals surface area contributed by atoms with Gasteiger partial charge in [-0.1, -0.05) is 11.2 Å². The third kappa shape index (κ3) is 1.88. The summed E-state index contributed by atoms with van der Waals surface area (Å²) in [7, 11) is 0. The highest BCUT2D eigenvalue weighted by atomic mass is 16.5. The molecule has 3 fully saturated rings. The highest BCUT2D eigenvalue weighted by Gasteiger charge is 2.72. The maximum Gasteiger partial charge on any atom is 0.232 e. The highest BCUT2D eigenvalue weighted by molar-refractivity contribution is 6.05. The Kier molecular flexibility index (Phi) is 2.90. The van der Waals surface area contributed by atoms with E-state index in [4.69, 9.17) is 14.7 Å². The van der Waals surface area contributed by atoms with Crippen LogP contribution in [0.2, 0.25) is 0 Å². The largest absolute Gasteiger partial charge is 0.454 e. The molecule has 0 radical (unpaired) electrons. The first-order valence-corrected chi connectivity index (χ1v) is 9.79. The van der Waals surface area contributed by atoms with Crippen LogP contribution in [-0.2, 0) is 10.8 Å². The molecule has 2 bridgehead atoms. The van der Waals surface area contributed by atoms with Gasteiger partial charge < -0.3 is 14.7 Å². The van der Waals surface area contributed by atoms with E-state index in [2.05, 4.69) is 40.2 Å². The number of benzene rings is 1. The molecule has 0 saturated heterocycles. The van der Waals surface area contributed by atoms with Gasteiger partial charge in [0.25, 0.3) is 0 Å². The topological polar surface area (TPSA) is 91.0 Å². The van der Waals surface area contributed by atoms with E-state index in [0.29, 0.717) is 5.82 Å². The lowest BCUT2D eigenvalue weighted by Gasteiger charge is -2.68. The van der Waals surface area contributed by atoms with Gasteiger partial charge in [-0.05, 0) is 57.7 Å². The molecular formula is C22H22N4O2. The number of fused-ring (bicyclic) bond motifs is 3. The van der Waals surface area contributed by atoms with Crippen LogP contribution in [0.1, 0.15) is 60.6 Å². The average molecular weight is 374 g/mol. The predicted molar refractivity (Wildman–Crippen MR) is 105 cm³/mol.